The van der Waals surface area contributed by atoms with Crippen LogP contribution in [-0.4, -0.2) is 10.2 Å². The van der Waals surface area contributed by atoms with Crippen molar-refractivity contribution in [3.8, 4) is 11.5 Å². The third kappa shape index (κ3) is 2.51. The van der Waals surface area contributed by atoms with Crippen LogP contribution < -0.4 is 4.74 Å². The number of hydrogen-bond acceptors (Lipinski definition) is 3. The lowest BCUT2D eigenvalue weighted by Crippen LogP contribution is -2.19. The highest BCUT2D eigenvalue weighted by Crippen LogP contribution is 2.42. The van der Waals surface area contributed by atoms with Crippen molar-refractivity contribution in [1.82, 2.24) is 0 Å². The van der Waals surface area contributed by atoms with Crippen LogP contribution in [-0.2, 0) is 0 Å². The Labute approximate surface area is 129 Å². The van der Waals surface area contributed by atoms with Crippen molar-refractivity contribution < 1.29 is 14.9 Å². The minimum atomic E-state index is -0.579. The molecular formula is C15H12BrClO3. The molecule has 1 heterocycles. The van der Waals surface area contributed by atoms with Crippen LogP contribution in [0.3, 0.4) is 0 Å². The van der Waals surface area contributed by atoms with Crippen LogP contribution in [0.25, 0.3) is 0 Å². The van der Waals surface area contributed by atoms with Crippen LogP contribution in [0.5, 0.6) is 11.5 Å². The van der Waals surface area contributed by atoms with E-state index in [1.165, 1.54) is 6.07 Å². The molecule has 2 atom stereocenters. The Kier molecular flexibility index (Phi) is 3.63. The molecule has 1 aliphatic heterocycles. The fourth-order valence-electron chi connectivity index (χ4n) is 2.34. The first kappa shape index (κ1) is 13.7. The fourth-order valence-corrected chi connectivity index (χ4v) is 2.87. The molecule has 104 valence electrons. The van der Waals surface area contributed by atoms with E-state index in [0.717, 1.165) is 15.6 Å². The van der Waals surface area contributed by atoms with E-state index in [9.17, 15) is 10.2 Å². The van der Waals surface area contributed by atoms with Gasteiger partial charge in [-0.3, -0.25) is 0 Å². The molecule has 5 heteroatoms. The van der Waals surface area contributed by atoms with Gasteiger partial charge in [0, 0.05) is 16.5 Å². The van der Waals surface area contributed by atoms with Crippen molar-refractivity contribution in [2.45, 2.75) is 18.6 Å². The number of phenolic OH excluding ortho intramolecular Hbond substituents is 1. The standard InChI is InChI=1S/C15H12BrClO3/c16-9-2-3-10-13(19)7-14(20-15(10)6-9)8-1-4-12(18)11(17)5-8/h1-6,13-14,18-19H,7H2/t13-,14?/m0/s1. The number of benzene rings is 2. The van der Waals surface area contributed by atoms with E-state index in [0.29, 0.717) is 12.2 Å². The third-order valence-electron chi connectivity index (χ3n) is 3.38. The number of aliphatic hydroxyl groups excluding tert-OH is 1. The first-order valence-corrected chi connectivity index (χ1v) is 7.34. The van der Waals surface area contributed by atoms with Gasteiger partial charge in [-0.15, -0.1) is 0 Å². The van der Waals surface area contributed by atoms with Gasteiger partial charge < -0.3 is 14.9 Å². The van der Waals surface area contributed by atoms with E-state index in [1.807, 2.05) is 18.2 Å². The van der Waals surface area contributed by atoms with Crippen LogP contribution >= 0.6 is 27.5 Å². The number of fused-ring (bicyclic) bond motifs is 1. The summed E-state index contributed by atoms with van der Waals surface area (Å²) in [6, 6.07) is 10.5. The molecule has 2 aromatic carbocycles. The summed E-state index contributed by atoms with van der Waals surface area (Å²) in [4.78, 5) is 0. The number of phenols is 1. The Morgan fingerprint density at radius 1 is 1.20 bits per heavy atom. The van der Waals surface area contributed by atoms with Gasteiger partial charge in [0.15, 0.2) is 0 Å². The minimum Gasteiger partial charge on any atom is -0.506 e. The number of aromatic hydroxyl groups is 1. The topological polar surface area (TPSA) is 49.7 Å². The van der Waals surface area contributed by atoms with Gasteiger partial charge >= 0.3 is 0 Å². The average Bonchev–Trinajstić information content (AvgIpc) is 2.41. The van der Waals surface area contributed by atoms with Crippen LogP contribution in [0.2, 0.25) is 5.02 Å². The molecule has 20 heavy (non-hydrogen) atoms. The molecule has 0 aliphatic carbocycles. The Hall–Kier alpha value is -1.23. The molecule has 3 rings (SSSR count). The molecule has 2 aromatic rings. The quantitative estimate of drug-likeness (QED) is 0.799. The zero-order chi connectivity index (χ0) is 14.3. The highest BCUT2D eigenvalue weighted by molar-refractivity contribution is 9.10. The summed E-state index contributed by atoms with van der Waals surface area (Å²) < 4.78 is 6.83. The third-order valence-corrected chi connectivity index (χ3v) is 4.18. The van der Waals surface area contributed by atoms with Crippen LogP contribution in [0.1, 0.15) is 29.8 Å². The predicted octanol–water partition coefficient (Wildman–Crippen LogP) is 4.37. The summed E-state index contributed by atoms with van der Waals surface area (Å²) in [6.07, 6.45) is -0.412. The molecule has 0 saturated carbocycles. The molecule has 3 nitrogen and oxygen atoms in total. The van der Waals surface area contributed by atoms with Gasteiger partial charge in [-0.05, 0) is 29.8 Å². The number of aliphatic hydroxyl groups is 1. The van der Waals surface area contributed by atoms with E-state index in [4.69, 9.17) is 16.3 Å². The largest absolute Gasteiger partial charge is 0.506 e. The molecular weight excluding hydrogens is 344 g/mol. The molecule has 0 bridgehead atoms. The number of hydrogen-bond donors (Lipinski definition) is 2. The number of halogens is 2. The van der Waals surface area contributed by atoms with Gasteiger partial charge in [0.25, 0.3) is 0 Å². The molecule has 2 N–H and O–H groups in total. The van der Waals surface area contributed by atoms with Gasteiger partial charge in [-0.2, -0.15) is 0 Å². The Balaban J connectivity index is 1.96. The predicted molar refractivity (Wildman–Crippen MR) is 80.2 cm³/mol. The molecule has 0 saturated heterocycles. The summed E-state index contributed by atoms with van der Waals surface area (Å²) in [5.41, 5.74) is 1.62. The zero-order valence-corrected chi connectivity index (χ0v) is 12.7. The maximum atomic E-state index is 10.2. The highest BCUT2D eigenvalue weighted by atomic mass is 79.9. The average molecular weight is 356 g/mol. The molecule has 0 radical (unpaired) electrons. The smallest absolute Gasteiger partial charge is 0.134 e. The van der Waals surface area contributed by atoms with Crippen LogP contribution in [0.15, 0.2) is 40.9 Å². The number of ether oxygens (including phenoxy) is 1. The van der Waals surface area contributed by atoms with Crippen molar-refractivity contribution in [2.24, 2.45) is 0 Å². The van der Waals surface area contributed by atoms with Gasteiger partial charge in [0.05, 0.1) is 11.1 Å². The van der Waals surface area contributed by atoms with E-state index in [-0.39, 0.29) is 16.9 Å². The normalized spacial score (nSPS) is 21.1. The highest BCUT2D eigenvalue weighted by Gasteiger charge is 2.28. The van der Waals surface area contributed by atoms with Gasteiger partial charge in [-0.25, -0.2) is 0 Å². The Bertz CT molecular complexity index is 660. The monoisotopic (exact) mass is 354 g/mol. The molecule has 1 aliphatic rings. The molecule has 0 fully saturated rings. The SMILES string of the molecule is Oc1ccc(C2C[C@H](O)c3ccc(Br)cc3O2)cc1Cl. The second-order valence-electron chi connectivity index (χ2n) is 4.75. The van der Waals surface area contributed by atoms with Crippen molar-refractivity contribution in [1.29, 1.82) is 0 Å². The first-order chi connectivity index (χ1) is 9.54. The number of rotatable bonds is 1. The second kappa shape index (κ2) is 5.28. The fraction of sp³-hybridized carbons (Fsp3) is 0.200. The molecule has 0 aromatic heterocycles. The minimum absolute atomic E-state index is 0.0370. The summed E-state index contributed by atoms with van der Waals surface area (Å²) in [5.74, 6) is 0.697. The summed E-state index contributed by atoms with van der Waals surface area (Å²) in [5, 5.41) is 20.0. The Morgan fingerprint density at radius 3 is 2.75 bits per heavy atom. The molecule has 0 spiro atoms. The van der Waals surface area contributed by atoms with Gasteiger partial charge in [0.2, 0.25) is 0 Å². The van der Waals surface area contributed by atoms with E-state index < -0.39 is 6.10 Å². The lowest BCUT2D eigenvalue weighted by molar-refractivity contribution is 0.0657. The Morgan fingerprint density at radius 2 is 2.00 bits per heavy atom. The van der Waals surface area contributed by atoms with Gasteiger partial charge in [0.1, 0.15) is 17.6 Å². The van der Waals surface area contributed by atoms with Gasteiger partial charge in [-0.1, -0.05) is 39.7 Å². The lowest BCUT2D eigenvalue weighted by atomic mass is 9.95. The summed E-state index contributed by atoms with van der Waals surface area (Å²) in [7, 11) is 0. The van der Waals surface area contributed by atoms with Crippen molar-refractivity contribution in [3.05, 3.63) is 57.0 Å². The second-order valence-corrected chi connectivity index (χ2v) is 6.07. The molecule has 1 unspecified atom stereocenters. The van der Waals surface area contributed by atoms with E-state index >= 15 is 0 Å². The van der Waals surface area contributed by atoms with Crippen LogP contribution in [0, 0.1) is 0 Å². The zero-order valence-electron chi connectivity index (χ0n) is 10.4. The van der Waals surface area contributed by atoms with Crippen molar-refractivity contribution >= 4 is 27.5 Å². The van der Waals surface area contributed by atoms with Crippen molar-refractivity contribution in [3.63, 3.8) is 0 Å². The summed E-state index contributed by atoms with van der Waals surface area (Å²) in [6.45, 7) is 0. The van der Waals surface area contributed by atoms with Crippen LogP contribution in [0.4, 0.5) is 0 Å². The van der Waals surface area contributed by atoms with E-state index in [2.05, 4.69) is 15.9 Å². The summed E-state index contributed by atoms with van der Waals surface area (Å²) >= 11 is 9.31. The maximum Gasteiger partial charge on any atom is 0.134 e. The lowest BCUT2D eigenvalue weighted by Gasteiger charge is -2.30. The first-order valence-electron chi connectivity index (χ1n) is 6.17. The molecule has 0 amide bonds. The maximum absolute atomic E-state index is 10.2. The van der Waals surface area contributed by atoms with Crippen molar-refractivity contribution in [2.75, 3.05) is 0 Å². The van der Waals surface area contributed by atoms with E-state index in [1.54, 1.807) is 12.1 Å².